The largest absolute Gasteiger partial charge is 0.476 e. The van der Waals surface area contributed by atoms with Crippen molar-refractivity contribution in [1.29, 1.82) is 0 Å². The molecular weight excluding hydrogens is 333 g/mol. The molecule has 7 heteroatoms. The van der Waals surface area contributed by atoms with Crippen LogP contribution in [0.4, 0.5) is 0 Å². The van der Waals surface area contributed by atoms with Crippen LogP contribution in [0.2, 0.25) is 10.0 Å². The van der Waals surface area contributed by atoms with Gasteiger partial charge in [0, 0.05) is 5.56 Å². The molecule has 0 bridgehead atoms. The zero-order valence-corrected chi connectivity index (χ0v) is 12.7. The lowest BCUT2D eigenvalue weighted by Gasteiger charge is -2.02. The number of benzene rings is 1. The Hall–Kier alpha value is -1.82. The summed E-state index contributed by atoms with van der Waals surface area (Å²) in [5.74, 6) is -0.848. The molecule has 3 rings (SSSR count). The lowest BCUT2D eigenvalue weighted by atomic mass is 10.1. The molecule has 0 saturated carbocycles. The maximum absolute atomic E-state index is 11.4. The van der Waals surface area contributed by atoms with Crippen LogP contribution >= 0.6 is 34.5 Å². The summed E-state index contributed by atoms with van der Waals surface area (Å²) in [6.07, 6.45) is 0. The SMILES string of the molecule is O=C(O)c1nc(-c2cccs2)oc1-c1cccc(Cl)c1Cl. The van der Waals surface area contributed by atoms with Crippen LogP contribution < -0.4 is 0 Å². The van der Waals surface area contributed by atoms with E-state index in [9.17, 15) is 9.90 Å². The summed E-state index contributed by atoms with van der Waals surface area (Å²) in [5, 5.41) is 11.7. The highest BCUT2D eigenvalue weighted by Gasteiger charge is 2.24. The molecule has 0 aliphatic heterocycles. The van der Waals surface area contributed by atoms with Crippen molar-refractivity contribution in [1.82, 2.24) is 4.98 Å². The lowest BCUT2D eigenvalue weighted by Crippen LogP contribution is -1.99. The van der Waals surface area contributed by atoms with E-state index < -0.39 is 5.97 Å². The van der Waals surface area contributed by atoms with Crippen molar-refractivity contribution >= 4 is 40.5 Å². The monoisotopic (exact) mass is 339 g/mol. The summed E-state index contributed by atoms with van der Waals surface area (Å²) in [7, 11) is 0. The summed E-state index contributed by atoms with van der Waals surface area (Å²) >= 11 is 13.5. The average molecular weight is 340 g/mol. The number of carbonyl (C=O) groups is 1. The number of carboxylic acid groups (broad SMARTS) is 1. The van der Waals surface area contributed by atoms with Crippen molar-refractivity contribution in [3.63, 3.8) is 0 Å². The van der Waals surface area contributed by atoms with Crippen LogP contribution in [0.3, 0.4) is 0 Å². The van der Waals surface area contributed by atoms with Crippen LogP contribution in [0.25, 0.3) is 22.1 Å². The smallest absolute Gasteiger partial charge is 0.358 e. The fraction of sp³-hybridized carbons (Fsp3) is 0. The Morgan fingerprint density at radius 1 is 1.24 bits per heavy atom. The van der Waals surface area contributed by atoms with E-state index in [1.54, 1.807) is 24.3 Å². The Bertz CT molecular complexity index is 812. The highest BCUT2D eigenvalue weighted by Crippen LogP contribution is 2.38. The standard InChI is InChI=1S/C14H7Cl2NO3S/c15-8-4-1-3-7(10(8)16)12-11(14(18)19)17-13(20-12)9-5-2-6-21-9/h1-6H,(H,18,19). The van der Waals surface area contributed by atoms with Crippen LogP contribution in [-0.2, 0) is 0 Å². The number of oxazole rings is 1. The van der Waals surface area contributed by atoms with Crippen molar-refractivity contribution in [3.8, 4) is 22.1 Å². The number of aromatic carboxylic acids is 1. The fourth-order valence-corrected chi connectivity index (χ4v) is 2.87. The Kier molecular flexibility index (Phi) is 3.71. The molecule has 0 saturated heterocycles. The number of aromatic nitrogens is 1. The Labute approximate surface area is 133 Å². The number of nitrogens with zero attached hydrogens (tertiary/aromatic N) is 1. The molecule has 0 aliphatic carbocycles. The first kappa shape index (κ1) is 14.1. The van der Waals surface area contributed by atoms with Crippen LogP contribution in [0, 0.1) is 0 Å². The highest BCUT2D eigenvalue weighted by atomic mass is 35.5. The number of carboxylic acids is 1. The molecule has 0 spiro atoms. The maximum atomic E-state index is 11.4. The van der Waals surface area contributed by atoms with Crippen LogP contribution in [0.5, 0.6) is 0 Å². The van der Waals surface area contributed by atoms with Crippen molar-refractivity contribution in [2.24, 2.45) is 0 Å². The minimum Gasteiger partial charge on any atom is -0.476 e. The highest BCUT2D eigenvalue weighted by molar-refractivity contribution is 7.13. The van der Waals surface area contributed by atoms with Gasteiger partial charge in [-0.05, 0) is 23.6 Å². The second kappa shape index (κ2) is 5.52. The van der Waals surface area contributed by atoms with Gasteiger partial charge in [-0.15, -0.1) is 11.3 Å². The zero-order valence-electron chi connectivity index (χ0n) is 10.3. The molecule has 1 aromatic carbocycles. The predicted molar refractivity (Wildman–Crippen MR) is 82.2 cm³/mol. The summed E-state index contributed by atoms with van der Waals surface area (Å²) < 4.78 is 5.62. The first-order chi connectivity index (χ1) is 10.1. The molecule has 0 fully saturated rings. The normalized spacial score (nSPS) is 10.8. The number of halogens is 2. The Balaban J connectivity index is 2.22. The van der Waals surface area contributed by atoms with Crippen molar-refractivity contribution in [2.45, 2.75) is 0 Å². The van der Waals surface area contributed by atoms with Gasteiger partial charge in [0.1, 0.15) is 0 Å². The molecular formula is C14H7Cl2NO3S. The number of hydrogen-bond donors (Lipinski definition) is 1. The van der Waals surface area contributed by atoms with Gasteiger partial charge in [-0.3, -0.25) is 0 Å². The van der Waals surface area contributed by atoms with Gasteiger partial charge in [-0.2, -0.15) is 0 Å². The van der Waals surface area contributed by atoms with Gasteiger partial charge in [0.2, 0.25) is 5.89 Å². The quantitative estimate of drug-likeness (QED) is 0.723. The molecule has 21 heavy (non-hydrogen) atoms. The van der Waals surface area contributed by atoms with Gasteiger partial charge >= 0.3 is 5.97 Å². The van der Waals surface area contributed by atoms with Crippen molar-refractivity contribution in [3.05, 3.63) is 51.5 Å². The van der Waals surface area contributed by atoms with E-state index in [4.69, 9.17) is 27.6 Å². The summed E-state index contributed by atoms with van der Waals surface area (Å²) in [6, 6.07) is 8.55. The first-order valence-corrected chi connectivity index (χ1v) is 7.44. The first-order valence-electron chi connectivity index (χ1n) is 5.80. The molecule has 4 nitrogen and oxygen atoms in total. The van der Waals surface area contributed by atoms with Gasteiger partial charge in [0.25, 0.3) is 0 Å². The predicted octanol–water partition coefficient (Wildman–Crippen LogP) is 5.08. The Morgan fingerprint density at radius 2 is 2.05 bits per heavy atom. The fourth-order valence-electron chi connectivity index (χ4n) is 1.83. The number of rotatable bonds is 3. The Morgan fingerprint density at radius 3 is 2.71 bits per heavy atom. The van der Waals surface area contributed by atoms with Gasteiger partial charge in [-0.25, -0.2) is 9.78 Å². The molecule has 0 amide bonds. The van der Waals surface area contributed by atoms with Crippen LogP contribution in [0.15, 0.2) is 40.1 Å². The van der Waals surface area contributed by atoms with Gasteiger partial charge in [0.15, 0.2) is 11.5 Å². The molecule has 0 atom stereocenters. The van der Waals surface area contributed by atoms with E-state index >= 15 is 0 Å². The third-order valence-electron chi connectivity index (χ3n) is 2.76. The van der Waals surface area contributed by atoms with E-state index in [2.05, 4.69) is 4.98 Å². The maximum Gasteiger partial charge on any atom is 0.358 e. The third kappa shape index (κ3) is 2.55. The summed E-state index contributed by atoms with van der Waals surface area (Å²) in [4.78, 5) is 16.2. The minimum atomic E-state index is -1.19. The molecule has 2 heterocycles. The zero-order chi connectivity index (χ0) is 15.0. The minimum absolute atomic E-state index is 0.0957. The van der Waals surface area contributed by atoms with E-state index in [-0.39, 0.29) is 22.4 Å². The van der Waals surface area contributed by atoms with Crippen LogP contribution in [-0.4, -0.2) is 16.1 Å². The van der Waals surface area contributed by atoms with E-state index in [0.717, 1.165) is 4.88 Å². The van der Waals surface area contributed by atoms with E-state index in [1.807, 2.05) is 11.4 Å². The summed E-state index contributed by atoms with van der Waals surface area (Å²) in [5.41, 5.74) is 0.208. The molecule has 2 aromatic heterocycles. The molecule has 1 N–H and O–H groups in total. The van der Waals surface area contributed by atoms with Gasteiger partial charge in [0.05, 0.1) is 14.9 Å². The number of thiophene rings is 1. The van der Waals surface area contributed by atoms with Gasteiger partial charge < -0.3 is 9.52 Å². The van der Waals surface area contributed by atoms with E-state index in [0.29, 0.717) is 10.6 Å². The number of hydrogen-bond acceptors (Lipinski definition) is 4. The molecule has 106 valence electrons. The summed E-state index contributed by atoms with van der Waals surface area (Å²) in [6.45, 7) is 0. The topological polar surface area (TPSA) is 63.3 Å². The molecule has 3 aromatic rings. The molecule has 0 radical (unpaired) electrons. The second-order valence-corrected chi connectivity index (χ2v) is 5.81. The van der Waals surface area contributed by atoms with E-state index in [1.165, 1.54) is 11.3 Å². The third-order valence-corrected chi connectivity index (χ3v) is 4.43. The van der Waals surface area contributed by atoms with Crippen molar-refractivity contribution in [2.75, 3.05) is 0 Å². The van der Waals surface area contributed by atoms with Crippen molar-refractivity contribution < 1.29 is 14.3 Å². The lowest BCUT2D eigenvalue weighted by molar-refractivity contribution is 0.0691. The van der Waals surface area contributed by atoms with Crippen LogP contribution in [0.1, 0.15) is 10.5 Å². The molecule has 0 unspecified atom stereocenters. The second-order valence-electron chi connectivity index (χ2n) is 4.08. The van der Waals surface area contributed by atoms with Gasteiger partial charge in [-0.1, -0.05) is 35.3 Å². The average Bonchev–Trinajstić information content (AvgIpc) is 3.09. The molecule has 0 aliphatic rings.